The van der Waals surface area contributed by atoms with Crippen LogP contribution >= 0.6 is 0 Å². The zero-order chi connectivity index (χ0) is 10.5. The minimum Gasteiger partial charge on any atom is -0.262 e. The molecule has 1 aromatic rings. The molecule has 0 N–H and O–H groups in total. The van der Waals surface area contributed by atoms with Gasteiger partial charge in [0.1, 0.15) is 0 Å². The van der Waals surface area contributed by atoms with Gasteiger partial charge in [0.25, 0.3) is 0 Å². The Morgan fingerprint density at radius 1 is 1.07 bits per heavy atom. The molecule has 0 saturated heterocycles. The molecule has 74 valence electrons. The van der Waals surface area contributed by atoms with Crippen LogP contribution in [0.25, 0.3) is 0 Å². The Morgan fingerprint density at radius 3 is 2.53 bits per heavy atom. The largest absolute Gasteiger partial charge is 0.262 e. The predicted octanol–water partition coefficient (Wildman–Crippen LogP) is 3.61. The summed E-state index contributed by atoms with van der Waals surface area (Å²) in [7, 11) is 0. The lowest BCUT2D eigenvalue weighted by molar-refractivity contribution is 1.38. The van der Waals surface area contributed by atoms with Gasteiger partial charge in [-0.25, -0.2) is 0 Å². The number of rotatable bonds is 2. The van der Waals surface area contributed by atoms with Crippen molar-refractivity contribution < 1.29 is 0 Å². The van der Waals surface area contributed by atoms with Crippen molar-refractivity contribution in [2.75, 3.05) is 0 Å². The fourth-order valence-corrected chi connectivity index (χ4v) is 1.43. The predicted molar refractivity (Wildman–Crippen MR) is 65.6 cm³/mol. The van der Waals surface area contributed by atoms with Gasteiger partial charge in [-0.3, -0.25) is 9.98 Å². The molecule has 1 aliphatic rings. The topological polar surface area (TPSA) is 24.7 Å². The monoisotopic (exact) mass is 196 g/mol. The first-order valence-corrected chi connectivity index (χ1v) is 4.86. The number of para-hydroxylation sites is 2. The molecule has 0 fully saturated rings. The lowest BCUT2D eigenvalue weighted by atomic mass is 10.1. The molecule has 2 nitrogen and oxygen atoms in total. The summed E-state index contributed by atoms with van der Waals surface area (Å²) in [6, 6.07) is 7.75. The summed E-state index contributed by atoms with van der Waals surface area (Å²) >= 11 is 0. The summed E-state index contributed by atoms with van der Waals surface area (Å²) in [6.07, 6.45) is 8.99. The Kier molecular flexibility index (Phi) is 2.88. The standard InChI is InChI=1S/C13H12N2/c1-14-12-9-5-6-10-13(12)15-11-7-3-2-4-8-11/h2-7,9-10H,1,8H2. The van der Waals surface area contributed by atoms with Gasteiger partial charge in [0.05, 0.1) is 11.4 Å². The van der Waals surface area contributed by atoms with E-state index in [0.29, 0.717) is 0 Å². The molecule has 2 rings (SSSR count). The molecule has 0 heterocycles. The summed E-state index contributed by atoms with van der Waals surface area (Å²) in [5.41, 5.74) is 2.75. The van der Waals surface area contributed by atoms with E-state index in [2.05, 4.69) is 22.8 Å². The first-order chi connectivity index (χ1) is 7.40. The molecule has 0 aromatic heterocycles. The van der Waals surface area contributed by atoms with E-state index < -0.39 is 0 Å². The van der Waals surface area contributed by atoms with Gasteiger partial charge < -0.3 is 0 Å². The maximum atomic E-state index is 4.53. The fraction of sp³-hybridized carbons (Fsp3) is 0.0769. The van der Waals surface area contributed by atoms with Crippen molar-refractivity contribution in [2.24, 2.45) is 9.98 Å². The average Bonchev–Trinajstić information content (AvgIpc) is 2.31. The van der Waals surface area contributed by atoms with Crippen LogP contribution in [0.3, 0.4) is 0 Å². The molecular formula is C13H12N2. The van der Waals surface area contributed by atoms with E-state index in [9.17, 15) is 0 Å². The molecule has 0 unspecified atom stereocenters. The van der Waals surface area contributed by atoms with Crippen LogP contribution < -0.4 is 0 Å². The lowest BCUT2D eigenvalue weighted by Gasteiger charge is -2.03. The first kappa shape index (κ1) is 9.59. The number of nitrogens with zero attached hydrogens (tertiary/aromatic N) is 2. The number of hydrogen-bond donors (Lipinski definition) is 0. The van der Waals surface area contributed by atoms with E-state index in [1.807, 2.05) is 42.5 Å². The third kappa shape index (κ3) is 2.29. The summed E-state index contributed by atoms with van der Waals surface area (Å²) < 4.78 is 0. The number of hydrogen-bond acceptors (Lipinski definition) is 2. The highest BCUT2D eigenvalue weighted by Gasteiger charge is 2.00. The first-order valence-electron chi connectivity index (χ1n) is 4.86. The summed E-state index contributed by atoms with van der Waals surface area (Å²) in [4.78, 5) is 8.47. The molecule has 1 aromatic carbocycles. The van der Waals surface area contributed by atoms with E-state index >= 15 is 0 Å². The Hall–Kier alpha value is -1.96. The molecule has 1 aliphatic carbocycles. The minimum absolute atomic E-state index is 0.827. The van der Waals surface area contributed by atoms with Crippen molar-refractivity contribution in [3.63, 3.8) is 0 Å². The zero-order valence-electron chi connectivity index (χ0n) is 8.43. The molecule has 2 heteroatoms. The van der Waals surface area contributed by atoms with Crippen LogP contribution in [-0.2, 0) is 0 Å². The normalized spacial score (nSPS) is 16.9. The van der Waals surface area contributed by atoms with Gasteiger partial charge in [0, 0.05) is 12.1 Å². The van der Waals surface area contributed by atoms with Crippen LogP contribution in [0.4, 0.5) is 11.4 Å². The van der Waals surface area contributed by atoms with Crippen LogP contribution in [0.1, 0.15) is 6.42 Å². The Balaban J connectivity index is 2.34. The minimum atomic E-state index is 0.827. The average molecular weight is 196 g/mol. The molecule has 0 amide bonds. The maximum Gasteiger partial charge on any atom is 0.0889 e. The van der Waals surface area contributed by atoms with E-state index in [1.165, 1.54) is 0 Å². The van der Waals surface area contributed by atoms with E-state index in [1.54, 1.807) is 0 Å². The highest BCUT2D eigenvalue weighted by atomic mass is 14.8. The van der Waals surface area contributed by atoms with Gasteiger partial charge in [0.2, 0.25) is 0 Å². The van der Waals surface area contributed by atoms with Crippen LogP contribution in [-0.4, -0.2) is 12.4 Å². The highest BCUT2D eigenvalue weighted by Crippen LogP contribution is 2.27. The lowest BCUT2D eigenvalue weighted by Crippen LogP contribution is -1.93. The van der Waals surface area contributed by atoms with Crippen molar-refractivity contribution in [1.82, 2.24) is 0 Å². The second-order valence-electron chi connectivity index (χ2n) is 3.24. The van der Waals surface area contributed by atoms with Crippen molar-refractivity contribution in [3.05, 3.63) is 48.6 Å². The van der Waals surface area contributed by atoms with Crippen molar-refractivity contribution in [3.8, 4) is 0 Å². The number of benzene rings is 1. The van der Waals surface area contributed by atoms with Crippen LogP contribution in [0, 0.1) is 0 Å². The fourth-order valence-electron chi connectivity index (χ4n) is 1.43. The number of aliphatic imine (C=N–C) groups is 2. The molecule has 0 aliphatic heterocycles. The van der Waals surface area contributed by atoms with Crippen molar-refractivity contribution in [2.45, 2.75) is 6.42 Å². The van der Waals surface area contributed by atoms with Gasteiger partial charge in [-0.2, -0.15) is 0 Å². The van der Waals surface area contributed by atoms with Gasteiger partial charge in [-0.15, -0.1) is 0 Å². The molecule has 0 spiro atoms. The highest BCUT2D eigenvalue weighted by molar-refractivity contribution is 5.99. The Labute approximate surface area is 89.4 Å². The Bertz CT molecular complexity index is 453. The van der Waals surface area contributed by atoms with Crippen LogP contribution in [0.15, 0.2) is 58.6 Å². The molecule has 15 heavy (non-hydrogen) atoms. The SMILES string of the molecule is C=Nc1ccccc1N=C1C=CC=CC1. The van der Waals surface area contributed by atoms with Crippen LogP contribution in [0.5, 0.6) is 0 Å². The van der Waals surface area contributed by atoms with Crippen molar-refractivity contribution in [1.29, 1.82) is 0 Å². The van der Waals surface area contributed by atoms with Crippen molar-refractivity contribution >= 4 is 23.8 Å². The van der Waals surface area contributed by atoms with Gasteiger partial charge >= 0.3 is 0 Å². The van der Waals surface area contributed by atoms with Gasteiger partial charge in [0.15, 0.2) is 0 Å². The molecule has 0 bridgehead atoms. The van der Waals surface area contributed by atoms with Gasteiger partial charge in [-0.05, 0) is 24.9 Å². The maximum absolute atomic E-state index is 4.53. The summed E-state index contributed by atoms with van der Waals surface area (Å²) in [6.45, 7) is 3.53. The smallest absolute Gasteiger partial charge is 0.0889 e. The third-order valence-electron chi connectivity index (χ3n) is 2.18. The van der Waals surface area contributed by atoms with E-state index in [0.717, 1.165) is 23.5 Å². The second-order valence-corrected chi connectivity index (χ2v) is 3.24. The summed E-state index contributed by atoms with van der Waals surface area (Å²) in [5, 5.41) is 0. The summed E-state index contributed by atoms with van der Waals surface area (Å²) in [5.74, 6) is 0. The third-order valence-corrected chi connectivity index (χ3v) is 2.18. The number of allylic oxidation sites excluding steroid dienone is 4. The molecular weight excluding hydrogens is 184 g/mol. The Morgan fingerprint density at radius 2 is 1.87 bits per heavy atom. The van der Waals surface area contributed by atoms with Gasteiger partial charge in [-0.1, -0.05) is 30.4 Å². The van der Waals surface area contributed by atoms with E-state index in [-0.39, 0.29) is 0 Å². The quantitative estimate of drug-likeness (QED) is 0.645. The zero-order valence-corrected chi connectivity index (χ0v) is 8.43. The molecule has 0 saturated carbocycles. The van der Waals surface area contributed by atoms with Crippen LogP contribution in [0.2, 0.25) is 0 Å². The second kappa shape index (κ2) is 4.51. The molecule has 0 radical (unpaired) electrons. The van der Waals surface area contributed by atoms with E-state index in [4.69, 9.17) is 0 Å². The molecule has 0 atom stereocenters.